The quantitative estimate of drug-likeness (QED) is 0.745. The first-order valence-corrected chi connectivity index (χ1v) is 5.94. The number of nitrogens with zero attached hydrogens (tertiary/aromatic N) is 2. The third-order valence-corrected chi connectivity index (χ3v) is 3.09. The van der Waals surface area contributed by atoms with Crippen LogP contribution in [0, 0.1) is 6.92 Å². The summed E-state index contributed by atoms with van der Waals surface area (Å²) in [6, 6.07) is 13.8. The zero-order valence-electron chi connectivity index (χ0n) is 10.2. The molecule has 0 saturated carbocycles. The van der Waals surface area contributed by atoms with Gasteiger partial charge in [0.15, 0.2) is 0 Å². The Hall–Kier alpha value is -2.29. The summed E-state index contributed by atoms with van der Waals surface area (Å²) in [7, 11) is 0. The van der Waals surface area contributed by atoms with E-state index in [0.29, 0.717) is 6.54 Å². The molecule has 3 rings (SSSR count). The van der Waals surface area contributed by atoms with E-state index in [2.05, 4.69) is 17.2 Å². The van der Waals surface area contributed by atoms with Gasteiger partial charge in [-0.2, -0.15) is 5.10 Å². The van der Waals surface area contributed by atoms with Crippen LogP contribution in [0.25, 0.3) is 10.9 Å². The van der Waals surface area contributed by atoms with Gasteiger partial charge in [-0.15, -0.1) is 0 Å². The Kier molecular flexibility index (Phi) is 2.52. The summed E-state index contributed by atoms with van der Waals surface area (Å²) in [5.74, 6) is 0.287. The number of hydrogen-bond acceptors (Lipinski definition) is 2. The molecule has 0 aliphatic heterocycles. The van der Waals surface area contributed by atoms with Gasteiger partial charge in [0, 0.05) is 6.20 Å². The largest absolute Gasteiger partial charge is 0.507 e. The number of hydrogen-bond donors (Lipinski definition) is 1. The molecule has 1 heterocycles. The van der Waals surface area contributed by atoms with E-state index < -0.39 is 0 Å². The van der Waals surface area contributed by atoms with Crippen LogP contribution in [0.4, 0.5) is 0 Å². The van der Waals surface area contributed by atoms with Gasteiger partial charge in [-0.3, -0.25) is 4.68 Å². The van der Waals surface area contributed by atoms with Crippen molar-refractivity contribution in [2.45, 2.75) is 13.5 Å². The van der Waals surface area contributed by atoms with Crippen molar-refractivity contribution in [3.8, 4) is 5.75 Å². The molecule has 0 saturated heterocycles. The maximum absolute atomic E-state index is 9.82. The topological polar surface area (TPSA) is 38.0 Å². The Balaban J connectivity index is 2.04. The molecule has 18 heavy (non-hydrogen) atoms. The predicted molar refractivity (Wildman–Crippen MR) is 71.7 cm³/mol. The van der Waals surface area contributed by atoms with Crippen LogP contribution in [-0.2, 0) is 6.54 Å². The van der Waals surface area contributed by atoms with Crippen molar-refractivity contribution < 1.29 is 5.11 Å². The molecule has 0 fully saturated rings. The minimum atomic E-state index is 0.287. The minimum Gasteiger partial charge on any atom is -0.507 e. The second kappa shape index (κ2) is 4.18. The molecule has 0 amide bonds. The van der Waals surface area contributed by atoms with Gasteiger partial charge in [0.2, 0.25) is 0 Å². The highest BCUT2D eigenvalue weighted by Gasteiger charge is 2.07. The van der Waals surface area contributed by atoms with Crippen molar-refractivity contribution in [2.75, 3.05) is 0 Å². The van der Waals surface area contributed by atoms with E-state index in [1.165, 1.54) is 5.56 Å². The third kappa shape index (κ3) is 1.84. The van der Waals surface area contributed by atoms with Gasteiger partial charge in [0.1, 0.15) is 5.75 Å². The van der Waals surface area contributed by atoms with E-state index in [1.54, 1.807) is 6.07 Å². The summed E-state index contributed by atoms with van der Waals surface area (Å²) in [6.45, 7) is 2.72. The lowest BCUT2D eigenvalue weighted by Gasteiger charge is -2.00. The molecule has 1 aromatic heterocycles. The molecule has 2 aromatic carbocycles. The van der Waals surface area contributed by atoms with Crippen molar-refractivity contribution >= 4 is 10.9 Å². The van der Waals surface area contributed by atoms with Gasteiger partial charge < -0.3 is 5.11 Å². The first kappa shape index (κ1) is 10.8. The molecule has 0 atom stereocenters. The zero-order valence-corrected chi connectivity index (χ0v) is 10.2. The van der Waals surface area contributed by atoms with Crippen LogP contribution in [0.3, 0.4) is 0 Å². The maximum atomic E-state index is 9.82. The highest BCUT2D eigenvalue weighted by molar-refractivity contribution is 5.87. The van der Waals surface area contributed by atoms with Gasteiger partial charge in [0.25, 0.3) is 0 Å². The Morgan fingerprint density at radius 3 is 2.61 bits per heavy atom. The Labute approximate surface area is 105 Å². The van der Waals surface area contributed by atoms with Crippen molar-refractivity contribution in [1.82, 2.24) is 9.78 Å². The second-order valence-corrected chi connectivity index (χ2v) is 4.48. The molecule has 1 N–H and O–H groups in total. The van der Waals surface area contributed by atoms with Crippen LogP contribution >= 0.6 is 0 Å². The van der Waals surface area contributed by atoms with Gasteiger partial charge >= 0.3 is 0 Å². The van der Waals surface area contributed by atoms with Crippen LogP contribution < -0.4 is 0 Å². The summed E-state index contributed by atoms with van der Waals surface area (Å²) < 4.78 is 1.87. The first-order valence-electron chi connectivity index (χ1n) is 5.94. The van der Waals surface area contributed by atoms with Crippen LogP contribution in [0.15, 0.2) is 48.7 Å². The highest BCUT2D eigenvalue weighted by Crippen LogP contribution is 2.26. The van der Waals surface area contributed by atoms with Crippen molar-refractivity contribution in [2.24, 2.45) is 0 Å². The predicted octanol–water partition coefficient (Wildman–Crippen LogP) is 3.10. The van der Waals surface area contributed by atoms with E-state index in [9.17, 15) is 5.11 Å². The Morgan fingerprint density at radius 1 is 1.11 bits per heavy atom. The van der Waals surface area contributed by atoms with E-state index in [4.69, 9.17) is 0 Å². The number of phenolic OH excluding ortho intramolecular Hbond substituents is 1. The van der Waals surface area contributed by atoms with E-state index >= 15 is 0 Å². The van der Waals surface area contributed by atoms with Crippen molar-refractivity contribution in [3.63, 3.8) is 0 Å². The smallest absolute Gasteiger partial charge is 0.126 e. The highest BCUT2D eigenvalue weighted by atomic mass is 16.3. The van der Waals surface area contributed by atoms with Gasteiger partial charge in [-0.1, -0.05) is 36.4 Å². The van der Waals surface area contributed by atoms with Gasteiger partial charge in [-0.05, 0) is 24.1 Å². The molecular formula is C15H14N2O. The lowest BCUT2D eigenvalue weighted by Crippen LogP contribution is -1.99. The van der Waals surface area contributed by atoms with Crippen LogP contribution in [0.5, 0.6) is 5.75 Å². The SMILES string of the molecule is Cc1ccc(O)c2cn(Cc3ccccc3)nc12. The summed E-state index contributed by atoms with van der Waals surface area (Å²) in [5.41, 5.74) is 3.14. The average Bonchev–Trinajstić information content (AvgIpc) is 2.80. The first-order chi connectivity index (χ1) is 8.74. The maximum Gasteiger partial charge on any atom is 0.126 e. The van der Waals surface area contributed by atoms with Crippen LogP contribution in [0.2, 0.25) is 0 Å². The standard InChI is InChI=1S/C15H14N2O/c1-11-7-8-14(18)13-10-17(16-15(11)13)9-12-5-3-2-4-6-12/h2-8,10,18H,9H2,1H3. The zero-order chi connectivity index (χ0) is 12.5. The van der Waals surface area contributed by atoms with Crippen molar-refractivity contribution in [1.29, 1.82) is 0 Å². The van der Waals surface area contributed by atoms with Gasteiger partial charge in [0.05, 0.1) is 17.4 Å². The van der Waals surface area contributed by atoms with Gasteiger partial charge in [-0.25, -0.2) is 0 Å². The molecule has 3 aromatic rings. The number of aromatic nitrogens is 2. The molecule has 0 radical (unpaired) electrons. The fraction of sp³-hybridized carbons (Fsp3) is 0.133. The lowest BCUT2D eigenvalue weighted by atomic mass is 10.1. The molecule has 0 aliphatic rings. The molecule has 0 spiro atoms. The lowest BCUT2D eigenvalue weighted by molar-refractivity contribution is 0.481. The monoisotopic (exact) mass is 238 g/mol. The number of rotatable bonds is 2. The minimum absolute atomic E-state index is 0.287. The normalized spacial score (nSPS) is 10.9. The second-order valence-electron chi connectivity index (χ2n) is 4.48. The van der Waals surface area contributed by atoms with Crippen molar-refractivity contribution in [3.05, 3.63) is 59.8 Å². The number of fused-ring (bicyclic) bond motifs is 1. The molecule has 3 heteroatoms. The van der Waals surface area contributed by atoms with E-state index in [0.717, 1.165) is 16.5 Å². The molecule has 0 unspecified atom stereocenters. The fourth-order valence-corrected chi connectivity index (χ4v) is 2.12. The fourth-order valence-electron chi connectivity index (χ4n) is 2.12. The van der Waals surface area contributed by atoms with E-state index in [1.807, 2.05) is 42.1 Å². The molecule has 0 bridgehead atoms. The molecule has 0 aliphatic carbocycles. The summed E-state index contributed by atoms with van der Waals surface area (Å²) in [6.07, 6.45) is 1.89. The number of aromatic hydroxyl groups is 1. The number of aryl methyl sites for hydroxylation is 1. The summed E-state index contributed by atoms with van der Waals surface area (Å²) >= 11 is 0. The Morgan fingerprint density at radius 2 is 1.89 bits per heavy atom. The molecule has 90 valence electrons. The van der Waals surface area contributed by atoms with E-state index in [-0.39, 0.29) is 5.75 Å². The number of phenols is 1. The summed E-state index contributed by atoms with van der Waals surface area (Å²) in [5, 5.41) is 15.2. The summed E-state index contributed by atoms with van der Waals surface area (Å²) in [4.78, 5) is 0. The number of benzene rings is 2. The molecular weight excluding hydrogens is 224 g/mol. The third-order valence-electron chi connectivity index (χ3n) is 3.09. The Bertz CT molecular complexity index is 647. The van der Waals surface area contributed by atoms with Crippen LogP contribution in [0.1, 0.15) is 11.1 Å². The molecule has 3 nitrogen and oxygen atoms in total. The average molecular weight is 238 g/mol. The van der Waals surface area contributed by atoms with Crippen LogP contribution in [-0.4, -0.2) is 14.9 Å².